The van der Waals surface area contributed by atoms with Crippen LogP contribution >= 0.6 is 0 Å². The molecule has 4 aromatic heterocycles. The van der Waals surface area contributed by atoms with Gasteiger partial charge < -0.3 is 15.5 Å². The van der Waals surface area contributed by atoms with Gasteiger partial charge in [0.2, 0.25) is 0 Å². The highest BCUT2D eigenvalue weighted by atomic mass is 19.1. The van der Waals surface area contributed by atoms with E-state index in [0.29, 0.717) is 40.6 Å². The number of halogens is 1. The molecule has 0 unspecified atom stereocenters. The monoisotopic (exact) mass is 443 g/mol. The molecule has 1 amide bonds. The second-order valence-electron chi connectivity index (χ2n) is 8.35. The normalized spacial score (nSPS) is 15.5. The summed E-state index contributed by atoms with van der Waals surface area (Å²) in [7, 11) is 0. The minimum absolute atomic E-state index is 0.166. The molecular formula is C24H22FN7O. The van der Waals surface area contributed by atoms with Crippen molar-refractivity contribution < 1.29 is 9.18 Å². The molecule has 0 spiro atoms. The average Bonchev–Trinajstić information content (AvgIpc) is 3.44. The van der Waals surface area contributed by atoms with E-state index in [2.05, 4.69) is 36.6 Å². The quantitative estimate of drug-likeness (QED) is 0.497. The van der Waals surface area contributed by atoms with Crippen molar-refractivity contribution in [3.63, 3.8) is 0 Å². The first-order valence-corrected chi connectivity index (χ1v) is 11.1. The fourth-order valence-electron chi connectivity index (χ4n) is 4.62. The number of carbonyl (C=O) groups excluding carboxylic acids is 1. The molecule has 9 heteroatoms. The third kappa shape index (κ3) is 3.45. The summed E-state index contributed by atoms with van der Waals surface area (Å²) in [4.78, 5) is 28.5. The van der Waals surface area contributed by atoms with Gasteiger partial charge in [-0.25, -0.2) is 14.4 Å². The molecule has 1 fully saturated rings. The number of nitrogens with zero attached hydrogens (tertiary/aromatic N) is 5. The van der Waals surface area contributed by atoms with E-state index in [1.54, 1.807) is 23.0 Å². The molecule has 0 atom stereocenters. The number of carbonyl (C=O) groups is 1. The molecule has 166 valence electrons. The Balaban J connectivity index is 1.33. The molecule has 6 rings (SSSR count). The predicted octanol–water partition coefficient (Wildman–Crippen LogP) is 3.91. The van der Waals surface area contributed by atoms with Crippen LogP contribution in [-0.4, -0.2) is 38.3 Å². The third-order valence-electron chi connectivity index (χ3n) is 6.28. The maximum Gasteiger partial charge on any atom is 0.254 e. The van der Waals surface area contributed by atoms with Crippen LogP contribution in [0.5, 0.6) is 0 Å². The zero-order valence-corrected chi connectivity index (χ0v) is 17.9. The van der Waals surface area contributed by atoms with Crippen molar-refractivity contribution in [1.29, 1.82) is 0 Å². The van der Waals surface area contributed by atoms with Crippen LogP contribution < -0.4 is 15.5 Å². The molecule has 6 heterocycles. The van der Waals surface area contributed by atoms with Crippen LogP contribution in [0.2, 0.25) is 0 Å². The van der Waals surface area contributed by atoms with E-state index in [9.17, 15) is 9.18 Å². The smallest absolute Gasteiger partial charge is 0.254 e. The highest BCUT2D eigenvalue weighted by Crippen LogP contribution is 2.33. The molecule has 1 saturated heterocycles. The van der Waals surface area contributed by atoms with Gasteiger partial charge in [-0.2, -0.15) is 0 Å². The third-order valence-corrected chi connectivity index (χ3v) is 6.28. The maximum atomic E-state index is 13.6. The second kappa shape index (κ2) is 7.84. The molecule has 0 saturated carbocycles. The molecule has 0 radical (unpaired) electrons. The molecule has 33 heavy (non-hydrogen) atoms. The topological polar surface area (TPSA) is 87.5 Å². The number of nitrogens with one attached hydrogen (secondary N) is 2. The number of anilines is 3. The highest BCUT2D eigenvalue weighted by Gasteiger charge is 2.28. The maximum absolute atomic E-state index is 13.6. The minimum atomic E-state index is -0.354. The molecule has 0 aromatic carbocycles. The Hall–Kier alpha value is -4.01. The Labute approximate surface area is 189 Å². The van der Waals surface area contributed by atoms with Crippen molar-refractivity contribution in [2.24, 2.45) is 0 Å². The lowest BCUT2D eigenvalue weighted by atomic mass is 10.1. The van der Waals surface area contributed by atoms with Gasteiger partial charge in [-0.1, -0.05) is 0 Å². The number of hydrogen-bond acceptors (Lipinski definition) is 6. The van der Waals surface area contributed by atoms with E-state index in [-0.39, 0.29) is 11.7 Å². The van der Waals surface area contributed by atoms with E-state index >= 15 is 0 Å². The van der Waals surface area contributed by atoms with Gasteiger partial charge in [-0.05, 0) is 37.5 Å². The lowest BCUT2D eigenvalue weighted by Crippen LogP contribution is -2.29. The zero-order valence-electron chi connectivity index (χ0n) is 17.9. The predicted molar refractivity (Wildman–Crippen MR) is 123 cm³/mol. The van der Waals surface area contributed by atoms with E-state index in [1.807, 2.05) is 12.3 Å². The first-order chi connectivity index (χ1) is 16.2. The Kier molecular flexibility index (Phi) is 4.67. The zero-order chi connectivity index (χ0) is 22.4. The van der Waals surface area contributed by atoms with Gasteiger partial charge in [0.1, 0.15) is 17.3 Å². The first kappa shape index (κ1) is 19.7. The number of aromatic nitrogens is 4. The number of imidazole rings is 1. The van der Waals surface area contributed by atoms with Crippen molar-refractivity contribution in [1.82, 2.24) is 24.7 Å². The van der Waals surface area contributed by atoms with Gasteiger partial charge in [0.15, 0.2) is 0 Å². The van der Waals surface area contributed by atoms with Crippen LogP contribution in [-0.2, 0) is 6.54 Å². The molecule has 0 aliphatic carbocycles. The van der Waals surface area contributed by atoms with Crippen LogP contribution in [0.1, 0.15) is 35.2 Å². The fourth-order valence-corrected chi connectivity index (χ4v) is 4.62. The summed E-state index contributed by atoms with van der Waals surface area (Å²) < 4.78 is 15.3. The van der Waals surface area contributed by atoms with Crippen molar-refractivity contribution in [2.75, 3.05) is 23.3 Å². The number of hydrogen-bond donors (Lipinski definition) is 2. The van der Waals surface area contributed by atoms with Gasteiger partial charge >= 0.3 is 0 Å². The number of fused-ring (bicyclic) bond motifs is 2. The summed E-state index contributed by atoms with van der Waals surface area (Å²) in [5, 5.41) is 6.14. The number of piperidine rings is 1. The molecule has 4 aromatic rings. The molecule has 2 aliphatic rings. The van der Waals surface area contributed by atoms with Crippen molar-refractivity contribution in [3.05, 3.63) is 66.0 Å². The second-order valence-corrected chi connectivity index (χ2v) is 8.35. The van der Waals surface area contributed by atoms with E-state index in [1.165, 1.54) is 31.4 Å². The van der Waals surface area contributed by atoms with Crippen molar-refractivity contribution >= 4 is 28.7 Å². The van der Waals surface area contributed by atoms with Crippen LogP contribution in [0.15, 0.2) is 49.1 Å². The molecule has 2 N–H and O–H groups in total. The van der Waals surface area contributed by atoms with Gasteiger partial charge in [-0.3, -0.25) is 14.2 Å². The molecule has 2 aliphatic heterocycles. The van der Waals surface area contributed by atoms with E-state index in [0.717, 1.165) is 24.3 Å². The van der Waals surface area contributed by atoms with Gasteiger partial charge in [-0.15, -0.1) is 0 Å². The molecule has 0 bridgehead atoms. The Bertz CT molecular complexity index is 1360. The van der Waals surface area contributed by atoms with Crippen LogP contribution in [0.3, 0.4) is 0 Å². The highest BCUT2D eigenvalue weighted by molar-refractivity contribution is 6.05. The summed E-state index contributed by atoms with van der Waals surface area (Å²) in [5.74, 6) is 0.131. The summed E-state index contributed by atoms with van der Waals surface area (Å²) in [5.41, 5.74) is 4.86. The Morgan fingerprint density at radius 1 is 1.00 bits per heavy atom. The van der Waals surface area contributed by atoms with Crippen molar-refractivity contribution in [3.8, 4) is 11.4 Å². The Morgan fingerprint density at radius 2 is 1.88 bits per heavy atom. The fraction of sp³-hybridized carbons (Fsp3) is 0.250. The number of rotatable bonds is 4. The summed E-state index contributed by atoms with van der Waals surface area (Å²) in [6.45, 7) is 2.48. The van der Waals surface area contributed by atoms with Gasteiger partial charge in [0.05, 0.1) is 46.9 Å². The van der Waals surface area contributed by atoms with Crippen LogP contribution in [0, 0.1) is 5.82 Å². The van der Waals surface area contributed by atoms with Crippen molar-refractivity contribution in [2.45, 2.75) is 25.8 Å². The molecule has 8 nitrogen and oxygen atoms in total. The lowest BCUT2D eigenvalue weighted by molar-refractivity contribution is 0.0966. The standard InChI is InChI=1S/C24H22FN7O/c25-15-6-9-32-19(14-27-21(32)10-15)23-17-12-29-24(33)22(17)18(13-28-23)30-20-5-4-16(11-26-20)31-7-2-1-3-8-31/h4-6,9-11,13-14H,1-3,7-8,12H2,(H,26,30)(H,29,33). The van der Waals surface area contributed by atoms with Gasteiger partial charge in [0, 0.05) is 37.5 Å². The Morgan fingerprint density at radius 3 is 2.70 bits per heavy atom. The minimum Gasteiger partial charge on any atom is -0.370 e. The van der Waals surface area contributed by atoms with E-state index < -0.39 is 0 Å². The first-order valence-electron chi connectivity index (χ1n) is 11.1. The average molecular weight is 443 g/mol. The van der Waals surface area contributed by atoms with E-state index in [4.69, 9.17) is 0 Å². The summed E-state index contributed by atoms with van der Waals surface area (Å²) in [6.07, 6.45) is 10.5. The van der Waals surface area contributed by atoms with Gasteiger partial charge in [0.25, 0.3) is 5.91 Å². The molecular weight excluding hydrogens is 421 g/mol. The summed E-state index contributed by atoms with van der Waals surface area (Å²) in [6, 6.07) is 6.72. The van der Waals surface area contributed by atoms with Crippen LogP contribution in [0.4, 0.5) is 21.6 Å². The SMILES string of the molecule is O=C1NCc2c(-c3cnc4cc(F)ccn34)ncc(Nc3ccc(N4CCCCC4)cn3)c21. The lowest BCUT2D eigenvalue weighted by Gasteiger charge is -2.28. The van der Waals surface area contributed by atoms with Crippen LogP contribution in [0.25, 0.3) is 17.0 Å². The summed E-state index contributed by atoms with van der Waals surface area (Å²) >= 11 is 0. The largest absolute Gasteiger partial charge is 0.370 e. The number of amides is 1. The number of pyridine rings is 3.